The molecule has 0 saturated carbocycles. The van der Waals surface area contributed by atoms with Gasteiger partial charge in [0.25, 0.3) is 0 Å². The molecule has 0 heterocycles. The lowest BCUT2D eigenvalue weighted by molar-refractivity contribution is -0.122. The number of hydrogen-bond acceptors (Lipinski definition) is 4. The van der Waals surface area contributed by atoms with E-state index in [4.69, 9.17) is 16.2 Å². The molecule has 1 aromatic rings. The predicted octanol–water partition coefficient (Wildman–Crippen LogP) is -0.0549. The lowest BCUT2D eigenvalue weighted by atomic mass is 10.0. The first-order valence-corrected chi connectivity index (χ1v) is 6.50. The van der Waals surface area contributed by atoms with Crippen LogP contribution < -0.4 is 21.5 Å². The molecule has 1 aromatic carbocycles. The summed E-state index contributed by atoms with van der Waals surface area (Å²) in [6.07, 6.45) is 0.388. The number of ether oxygens (including phenoxy) is 1. The minimum absolute atomic E-state index is 0.388. The Morgan fingerprint density at radius 3 is 2.25 bits per heavy atom. The second kappa shape index (κ2) is 7.49. The minimum atomic E-state index is -0.643. The molecule has 2 atom stereocenters. The zero-order chi connectivity index (χ0) is 15.1. The van der Waals surface area contributed by atoms with Crippen LogP contribution in [0.2, 0.25) is 0 Å². The fourth-order valence-corrected chi connectivity index (χ4v) is 1.75. The summed E-state index contributed by atoms with van der Waals surface area (Å²) in [5.41, 5.74) is 11.4. The van der Waals surface area contributed by atoms with Crippen molar-refractivity contribution in [3.8, 4) is 5.75 Å². The van der Waals surface area contributed by atoms with Gasteiger partial charge in [-0.1, -0.05) is 12.1 Å². The number of primary amides is 2. The summed E-state index contributed by atoms with van der Waals surface area (Å²) in [5, 5.41) is 2.82. The number of nitrogens with one attached hydrogen (secondary N) is 1. The summed E-state index contributed by atoms with van der Waals surface area (Å²) < 4.78 is 5.34. The van der Waals surface area contributed by atoms with Gasteiger partial charge < -0.3 is 16.2 Å². The van der Waals surface area contributed by atoms with Crippen LogP contribution in [0.4, 0.5) is 0 Å². The van der Waals surface area contributed by atoms with Crippen LogP contribution in [-0.2, 0) is 16.0 Å². The molecule has 6 nitrogen and oxygen atoms in total. The van der Waals surface area contributed by atoms with E-state index in [1.54, 1.807) is 6.92 Å². The molecule has 20 heavy (non-hydrogen) atoms. The van der Waals surface area contributed by atoms with E-state index in [0.29, 0.717) is 13.0 Å². The first-order valence-electron chi connectivity index (χ1n) is 6.50. The monoisotopic (exact) mass is 279 g/mol. The number of rotatable bonds is 8. The zero-order valence-corrected chi connectivity index (χ0v) is 11.8. The molecular formula is C14H21N3O3. The number of benzene rings is 1. The van der Waals surface area contributed by atoms with E-state index in [1.807, 2.05) is 31.2 Å². The highest BCUT2D eigenvalue weighted by molar-refractivity contribution is 5.83. The topological polar surface area (TPSA) is 107 Å². The minimum Gasteiger partial charge on any atom is -0.494 e. The maximum absolute atomic E-state index is 11.4. The van der Waals surface area contributed by atoms with Gasteiger partial charge in [-0.25, -0.2) is 0 Å². The van der Waals surface area contributed by atoms with E-state index in [-0.39, 0.29) is 0 Å². The Hall–Kier alpha value is -2.08. The van der Waals surface area contributed by atoms with Gasteiger partial charge in [-0.2, -0.15) is 0 Å². The van der Waals surface area contributed by atoms with Crippen molar-refractivity contribution in [3.63, 3.8) is 0 Å². The van der Waals surface area contributed by atoms with Crippen molar-refractivity contribution in [2.75, 3.05) is 6.61 Å². The van der Waals surface area contributed by atoms with Crippen LogP contribution in [0.15, 0.2) is 24.3 Å². The summed E-state index contributed by atoms with van der Waals surface area (Å²) in [7, 11) is 0. The van der Waals surface area contributed by atoms with E-state index in [0.717, 1.165) is 11.3 Å². The Morgan fingerprint density at radius 1 is 1.20 bits per heavy atom. The van der Waals surface area contributed by atoms with Crippen molar-refractivity contribution < 1.29 is 14.3 Å². The van der Waals surface area contributed by atoms with Crippen LogP contribution in [0.1, 0.15) is 19.4 Å². The Morgan fingerprint density at radius 2 is 1.80 bits per heavy atom. The van der Waals surface area contributed by atoms with Gasteiger partial charge >= 0.3 is 0 Å². The maximum Gasteiger partial charge on any atom is 0.234 e. The molecule has 1 rings (SSSR count). The van der Waals surface area contributed by atoms with Crippen molar-refractivity contribution in [1.82, 2.24) is 5.32 Å². The Balaban J connectivity index is 2.70. The van der Waals surface area contributed by atoms with Crippen LogP contribution in [0.3, 0.4) is 0 Å². The molecule has 0 aliphatic rings. The summed E-state index contributed by atoms with van der Waals surface area (Å²) >= 11 is 0. The summed E-state index contributed by atoms with van der Waals surface area (Å²) in [6.45, 7) is 4.10. The number of hydrogen-bond donors (Lipinski definition) is 3. The van der Waals surface area contributed by atoms with E-state index < -0.39 is 23.9 Å². The third-order valence-corrected chi connectivity index (χ3v) is 2.90. The highest BCUT2D eigenvalue weighted by atomic mass is 16.5. The molecule has 0 aromatic heterocycles. The Labute approximate surface area is 118 Å². The van der Waals surface area contributed by atoms with Crippen LogP contribution in [0, 0.1) is 0 Å². The molecular weight excluding hydrogens is 258 g/mol. The second-order valence-electron chi connectivity index (χ2n) is 4.53. The lowest BCUT2D eigenvalue weighted by Crippen LogP contribution is -2.51. The highest BCUT2D eigenvalue weighted by Gasteiger charge is 2.20. The van der Waals surface area contributed by atoms with Crippen molar-refractivity contribution in [1.29, 1.82) is 0 Å². The van der Waals surface area contributed by atoms with Crippen LogP contribution >= 0.6 is 0 Å². The maximum atomic E-state index is 11.4. The van der Waals surface area contributed by atoms with Crippen molar-refractivity contribution in [2.24, 2.45) is 11.5 Å². The molecule has 2 amide bonds. The molecule has 0 saturated heterocycles. The number of amides is 2. The van der Waals surface area contributed by atoms with Gasteiger partial charge in [-0.3, -0.25) is 14.9 Å². The fraction of sp³-hybridized carbons (Fsp3) is 0.429. The molecule has 5 N–H and O–H groups in total. The molecule has 110 valence electrons. The van der Waals surface area contributed by atoms with E-state index in [2.05, 4.69) is 5.32 Å². The lowest BCUT2D eigenvalue weighted by Gasteiger charge is -2.19. The molecule has 0 fully saturated rings. The molecule has 1 unspecified atom stereocenters. The standard InChI is InChI=1S/C14H21N3O3/c1-3-20-11-6-4-10(5-7-11)8-12(14(16)19)17-9(2)13(15)18/h4-7,9,12,17H,3,8H2,1-2H3,(H2,15,18)(H2,16,19)/t9?,12-/m1/s1. The van der Waals surface area contributed by atoms with Gasteiger partial charge in [0.2, 0.25) is 11.8 Å². The van der Waals surface area contributed by atoms with Crippen molar-refractivity contribution in [3.05, 3.63) is 29.8 Å². The third-order valence-electron chi connectivity index (χ3n) is 2.90. The van der Waals surface area contributed by atoms with Crippen LogP contribution in [0.25, 0.3) is 0 Å². The van der Waals surface area contributed by atoms with Crippen LogP contribution in [0.5, 0.6) is 5.75 Å². The molecule has 6 heteroatoms. The summed E-state index contributed by atoms with van der Waals surface area (Å²) in [6, 6.07) is 6.11. The van der Waals surface area contributed by atoms with Gasteiger partial charge in [0, 0.05) is 0 Å². The molecule has 0 radical (unpaired) electrons. The number of carbonyl (C=O) groups is 2. The van der Waals surface area contributed by atoms with E-state index in [9.17, 15) is 9.59 Å². The van der Waals surface area contributed by atoms with Crippen LogP contribution in [-0.4, -0.2) is 30.5 Å². The van der Waals surface area contributed by atoms with E-state index >= 15 is 0 Å². The Bertz CT molecular complexity index is 459. The SMILES string of the molecule is CCOc1ccc(C[C@@H](NC(C)C(N)=O)C(N)=O)cc1. The summed E-state index contributed by atoms with van der Waals surface area (Å²) in [4.78, 5) is 22.4. The molecule has 0 spiro atoms. The van der Waals surface area contributed by atoms with Crippen molar-refractivity contribution in [2.45, 2.75) is 32.4 Å². The van der Waals surface area contributed by atoms with Gasteiger partial charge in [-0.05, 0) is 38.0 Å². The fourth-order valence-electron chi connectivity index (χ4n) is 1.75. The zero-order valence-electron chi connectivity index (χ0n) is 11.8. The first-order chi connectivity index (χ1) is 9.43. The second-order valence-corrected chi connectivity index (χ2v) is 4.53. The normalized spacial score (nSPS) is 13.5. The average molecular weight is 279 g/mol. The van der Waals surface area contributed by atoms with Crippen molar-refractivity contribution >= 4 is 11.8 Å². The number of carbonyl (C=O) groups excluding carboxylic acids is 2. The predicted molar refractivity (Wildman–Crippen MR) is 76.1 cm³/mol. The molecule has 0 aliphatic carbocycles. The third kappa shape index (κ3) is 4.89. The van der Waals surface area contributed by atoms with Gasteiger partial charge in [-0.15, -0.1) is 0 Å². The van der Waals surface area contributed by atoms with Gasteiger partial charge in [0.15, 0.2) is 0 Å². The van der Waals surface area contributed by atoms with Gasteiger partial charge in [0.1, 0.15) is 5.75 Å². The largest absolute Gasteiger partial charge is 0.494 e. The van der Waals surface area contributed by atoms with E-state index in [1.165, 1.54) is 0 Å². The molecule has 0 bridgehead atoms. The Kier molecular flexibility index (Phi) is 5.99. The molecule has 0 aliphatic heterocycles. The summed E-state index contributed by atoms with van der Waals surface area (Å²) in [5.74, 6) is -0.278. The first kappa shape index (κ1) is 16.0. The quantitative estimate of drug-likeness (QED) is 0.619. The van der Waals surface area contributed by atoms with Gasteiger partial charge in [0.05, 0.1) is 18.7 Å². The smallest absolute Gasteiger partial charge is 0.234 e. The number of nitrogens with two attached hydrogens (primary N) is 2. The highest BCUT2D eigenvalue weighted by Crippen LogP contribution is 2.13. The average Bonchev–Trinajstić information content (AvgIpc) is 2.40.